The van der Waals surface area contributed by atoms with Gasteiger partial charge in [-0.15, -0.1) is 11.8 Å². The molecule has 1 fully saturated rings. The molecule has 0 saturated heterocycles. The lowest BCUT2D eigenvalue weighted by molar-refractivity contribution is -0.149. The van der Waals surface area contributed by atoms with E-state index in [9.17, 15) is 14.7 Å². The Morgan fingerprint density at radius 1 is 1.38 bits per heavy atom. The first-order chi connectivity index (χ1) is 10.0. The Morgan fingerprint density at radius 2 is 2.10 bits per heavy atom. The number of hydrogen-bond acceptors (Lipinski definition) is 3. The number of amides is 1. The Balaban J connectivity index is 1.94. The summed E-state index contributed by atoms with van der Waals surface area (Å²) in [4.78, 5) is 24.7. The van der Waals surface area contributed by atoms with Gasteiger partial charge in [-0.25, -0.2) is 4.79 Å². The van der Waals surface area contributed by atoms with E-state index in [4.69, 9.17) is 0 Å². The number of thioether (sulfide) groups is 1. The van der Waals surface area contributed by atoms with Crippen LogP contribution in [0.2, 0.25) is 0 Å². The molecule has 2 atom stereocenters. The number of benzene rings is 1. The number of aliphatic carboxylic acids is 1. The molecule has 2 unspecified atom stereocenters. The van der Waals surface area contributed by atoms with E-state index in [1.807, 2.05) is 37.3 Å². The predicted molar refractivity (Wildman–Crippen MR) is 83.3 cm³/mol. The van der Waals surface area contributed by atoms with Crippen LogP contribution in [0.3, 0.4) is 0 Å². The average Bonchev–Trinajstić information content (AvgIpc) is 2.46. The SMILES string of the molecule is CC1CCCC(NC(=O)CSc2ccccc2)(C(=O)O)C1. The summed E-state index contributed by atoms with van der Waals surface area (Å²) < 4.78 is 0. The maximum atomic E-state index is 12.1. The van der Waals surface area contributed by atoms with Gasteiger partial charge in [0.25, 0.3) is 0 Å². The highest BCUT2D eigenvalue weighted by Gasteiger charge is 2.42. The molecule has 1 aliphatic carbocycles. The second kappa shape index (κ2) is 6.98. The predicted octanol–water partition coefficient (Wildman–Crippen LogP) is 2.93. The fraction of sp³-hybridized carbons (Fsp3) is 0.500. The summed E-state index contributed by atoms with van der Waals surface area (Å²) in [5.41, 5.74) is -1.08. The highest BCUT2D eigenvalue weighted by atomic mass is 32.2. The summed E-state index contributed by atoms with van der Waals surface area (Å²) in [6, 6.07) is 9.64. The maximum Gasteiger partial charge on any atom is 0.329 e. The van der Waals surface area contributed by atoms with E-state index in [2.05, 4.69) is 5.32 Å². The molecule has 2 N–H and O–H groups in total. The molecule has 1 aliphatic rings. The van der Waals surface area contributed by atoms with Gasteiger partial charge in [0.15, 0.2) is 0 Å². The Bertz CT molecular complexity index is 506. The van der Waals surface area contributed by atoms with Crippen molar-refractivity contribution in [2.24, 2.45) is 5.92 Å². The normalized spacial score (nSPS) is 25.3. The van der Waals surface area contributed by atoms with Gasteiger partial charge in [-0.05, 0) is 30.9 Å². The Hall–Kier alpha value is -1.49. The Kier molecular flexibility index (Phi) is 5.28. The molecule has 1 aromatic rings. The fourth-order valence-corrected chi connectivity index (χ4v) is 3.60. The van der Waals surface area contributed by atoms with Crippen molar-refractivity contribution < 1.29 is 14.7 Å². The maximum absolute atomic E-state index is 12.1. The monoisotopic (exact) mass is 307 g/mol. The number of carboxylic acids is 1. The van der Waals surface area contributed by atoms with Gasteiger partial charge in [-0.3, -0.25) is 4.79 Å². The molecule has 5 heteroatoms. The van der Waals surface area contributed by atoms with Crippen molar-refractivity contribution in [2.45, 2.75) is 43.0 Å². The molecule has 0 spiro atoms. The van der Waals surface area contributed by atoms with Crippen LogP contribution in [0.5, 0.6) is 0 Å². The zero-order valence-electron chi connectivity index (χ0n) is 12.2. The first kappa shape index (κ1) is 15.9. The highest BCUT2D eigenvalue weighted by Crippen LogP contribution is 2.32. The molecule has 2 rings (SSSR count). The summed E-state index contributed by atoms with van der Waals surface area (Å²) in [6.07, 6.45) is 2.92. The molecule has 4 nitrogen and oxygen atoms in total. The van der Waals surface area contributed by atoms with Crippen molar-refractivity contribution in [1.29, 1.82) is 0 Å². The number of nitrogens with one attached hydrogen (secondary N) is 1. The number of carbonyl (C=O) groups excluding carboxylic acids is 1. The third kappa shape index (κ3) is 4.24. The third-order valence-corrected chi connectivity index (χ3v) is 4.91. The van der Waals surface area contributed by atoms with Crippen molar-refractivity contribution in [1.82, 2.24) is 5.32 Å². The first-order valence-electron chi connectivity index (χ1n) is 7.24. The molecule has 0 heterocycles. The van der Waals surface area contributed by atoms with Crippen LogP contribution in [0.15, 0.2) is 35.2 Å². The summed E-state index contributed by atoms with van der Waals surface area (Å²) >= 11 is 1.42. The van der Waals surface area contributed by atoms with Crippen LogP contribution in [-0.4, -0.2) is 28.3 Å². The lowest BCUT2D eigenvalue weighted by atomic mass is 9.76. The van der Waals surface area contributed by atoms with Crippen LogP contribution >= 0.6 is 11.8 Å². The van der Waals surface area contributed by atoms with E-state index in [-0.39, 0.29) is 11.7 Å². The van der Waals surface area contributed by atoms with Gasteiger partial charge in [0, 0.05) is 4.90 Å². The minimum Gasteiger partial charge on any atom is -0.480 e. The number of carboxylic acid groups (broad SMARTS) is 1. The van der Waals surface area contributed by atoms with Crippen LogP contribution < -0.4 is 5.32 Å². The number of rotatable bonds is 5. The van der Waals surface area contributed by atoms with Crippen LogP contribution in [0, 0.1) is 5.92 Å². The van der Waals surface area contributed by atoms with E-state index < -0.39 is 11.5 Å². The first-order valence-corrected chi connectivity index (χ1v) is 8.23. The zero-order valence-corrected chi connectivity index (χ0v) is 13.0. The Morgan fingerprint density at radius 3 is 2.71 bits per heavy atom. The lowest BCUT2D eigenvalue weighted by Gasteiger charge is -2.37. The standard InChI is InChI=1S/C16H21NO3S/c1-12-6-5-9-16(10-12,15(19)20)17-14(18)11-21-13-7-3-2-4-8-13/h2-4,7-8,12H,5-6,9-11H2,1H3,(H,17,18)(H,19,20). The molecular weight excluding hydrogens is 286 g/mol. The van der Waals surface area contributed by atoms with Gasteiger partial charge in [0.1, 0.15) is 5.54 Å². The largest absolute Gasteiger partial charge is 0.480 e. The molecule has 114 valence electrons. The summed E-state index contributed by atoms with van der Waals surface area (Å²) in [5.74, 6) is -0.544. The van der Waals surface area contributed by atoms with Gasteiger partial charge in [0.05, 0.1) is 5.75 Å². The van der Waals surface area contributed by atoms with E-state index in [1.54, 1.807) is 0 Å². The van der Waals surface area contributed by atoms with E-state index in [0.717, 1.165) is 17.7 Å². The molecule has 0 bridgehead atoms. The summed E-state index contributed by atoms with van der Waals surface area (Å²) in [6.45, 7) is 2.04. The van der Waals surface area contributed by atoms with Crippen molar-refractivity contribution in [3.8, 4) is 0 Å². The van der Waals surface area contributed by atoms with Crippen LogP contribution in [0.25, 0.3) is 0 Å². The molecule has 21 heavy (non-hydrogen) atoms. The van der Waals surface area contributed by atoms with Gasteiger partial charge < -0.3 is 10.4 Å². The summed E-state index contributed by atoms with van der Waals surface area (Å²) in [7, 11) is 0. The van der Waals surface area contributed by atoms with Crippen molar-refractivity contribution in [3.63, 3.8) is 0 Å². The topological polar surface area (TPSA) is 66.4 Å². The second-order valence-electron chi connectivity index (χ2n) is 5.74. The number of hydrogen-bond donors (Lipinski definition) is 2. The smallest absolute Gasteiger partial charge is 0.329 e. The fourth-order valence-electron chi connectivity index (χ4n) is 2.88. The van der Waals surface area contributed by atoms with E-state index in [1.165, 1.54) is 11.8 Å². The second-order valence-corrected chi connectivity index (χ2v) is 6.79. The van der Waals surface area contributed by atoms with E-state index >= 15 is 0 Å². The van der Waals surface area contributed by atoms with Crippen molar-refractivity contribution in [3.05, 3.63) is 30.3 Å². The molecular formula is C16H21NO3S. The lowest BCUT2D eigenvalue weighted by Crippen LogP contribution is -2.57. The zero-order chi connectivity index (χ0) is 15.3. The quantitative estimate of drug-likeness (QED) is 0.821. The summed E-state index contributed by atoms with van der Waals surface area (Å²) in [5, 5.41) is 12.3. The molecule has 1 saturated carbocycles. The molecule has 1 amide bonds. The molecule has 0 aliphatic heterocycles. The van der Waals surface area contributed by atoms with Gasteiger partial charge in [-0.1, -0.05) is 38.0 Å². The van der Waals surface area contributed by atoms with Crippen LogP contribution in [-0.2, 0) is 9.59 Å². The number of carbonyl (C=O) groups is 2. The third-order valence-electron chi connectivity index (χ3n) is 3.90. The van der Waals surface area contributed by atoms with Crippen molar-refractivity contribution >= 4 is 23.6 Å². The molecule has 1 aromatic carbocycles. The Labute approximate surface area is 129 Å². The van der Waals surface area contributed by atoms with Crippen LogP contribution in [0.1, 0.15) is 32.6 Å². The van der Waals surface area contributed by atoms with Gasteiger partial charge in [-0.2, -0.15) is 0 Å². The van der Waals surface area contributed by atoms with Crippen LogP contribution in [0.4, 0.5) is 0 Å². The molecule has 0 radical (unpaired) electrons. The minimum absolute atomic E-state index is 0.208. The molecule has 0 aromatic heterocycles. The van der Waals surface area contributed by atoms with Gasteiger partial charge >= 0.3 is 5.97 Å². The van der Waals surface area contributed by atoms with Crippen molar-refractivity contribution in [2.75, 3.05) is 5.75 Å². The highest BCUT2D eigenvalue weighted by molar-refractivity contribution is 8.00. The van der Waals surface area contributed by atoms with E-state index in [0.29, 0.717) is 18.8 Å². The van der Waals surface area contributed by atoms with Gasteiger partial charge in [0.2, 0.25) is 5.91 Å². The minimum atomic E-state index is -1.08. The average molecular weight is 307 g/mol.